The second-order valence-electron chi connectivity index (χ2n) is 4.70. The summed E-state index contributed by atoms with van der Waals surface area (Å²) in [6.07, 6.45) is 4.54. The number of hydrogen-bond donors (Lipinski definition) is 0. The van der Waals surface area contributed by atoms with Gasteiger partial charge in [0.15, 0.2) is 9.84 Å². The molecule has 0 amide bonds. The Balaban J connectivity index is 2.53. The van der Waals surface area contributed by atoms with Gasteiger partial charge < -0.3 is 0 Å². The summed E-state index contributed by atoms with van der Waals surface area (Å²) < 4.78 is 23.7. The monoisotopic (exact) mass is 232 g/mol. The number of carbonyl (C=O) groups is 1. The molecule has 4 heteroatoms. The highest BCUT2D eigenvalue weighted by atomic mass is 32.2. The van der Waals surface area contributed by atoms with Crippen LogP contribution >= 0.6 is 0 Å². The Morgan fingerprint density at radius 2 is 1.87 bits per heavy atom. The number of Topliss-reactive ketones (excluding diaryl/α,β-unsaturated/α-hetero) is 1. The maximum Gasteiger partial charge on any atom is 0.153 e. The standard InChI is InChI=1S/C11H20O3S/c1-9(12)7-10(2)15(13,14)8-11-5-3-4-6-11/h10-11H,3-8H2,1-2H3. The van der Waals surface area contributed by atoms with Crippen molar-refractivity contribution in [1.29, 1.82) is 0 Å². The van der Waals surface area contributed by atoms with E-state index in [4.69, 9.17) is 0 Å². The first kappa shape index (κ1) is 12.7. The smallest absolute Gasteiger partial charge is 0.153 e. The maximum atomic E-state index is 11.9. The minimum Gasteiger partial charge on any atom is -0.300 e. The average Bonchev–Trinajstić information content (AvgIpc) is 2.54. The van der Waals surface area contributed by atoms with Crippen LogP contribution in [0, 0.1) is 5.92 Å². The quantitative estimate of drug-likeness (QED) is 0.728. The number of rotatable bonds is 5. The molecule has 1 aliphatic carbocycles. The van der Waals surface area contributed by atoms with Crippen molar-refractivity contribution in [3.8, 4) is 0 Å². The van der Waals surface area contributed by atoms with Gasteiger partial charge in [-0.2, -0.15) is 0 Å². The first-order valence-electron chi connectivity index (χ1n) is 5.63. The Bertz CT molecular complexity index is 313. The second-order valence-corrected chi connectivity index (χ2v) is 7.16. The SMILES string of the molecule is CC(=O)CC(C)S(=O)(=O)CC1CCCC1. The third-order valence-corrected chi connectivity index (χ3v) is 5.46. The molecule has 0 aliphatic heterocycles. The highest BCUT2D eigenvalue weighted by molar-refractivity contribution is 7.92. The van der Waals surface area contributed by atoms with E-state index in [1.165, 1.54) is 6.92 Å². The van der Waals surface area contributed by atoms with Crippen LogP contribution in [0.1, 0.15) is 46.0 Å². The van der Waals surface area contributed by atoms with Crippen LogP contribution in [0.2, 0.25) is 0 Å². The van der Waals surface area contributed by atoms with Crippen molar-refractivity contribution in [3.63, 3.8) is 0 Å². The summed E-state index contributed by atoms with van der Waals surface area (Å²) in [4.78, 5) is 10.9. The molecule has 1 atom stereocenters. The highest BCUT2D eigenvalue weighted by Gasteiger charge is 2.27. The van der Waals surface area contributed by atoms with Crippen LogP contribution in [0.25, 0.3) is 0 Å². The van der Waals surface area contributed by atoms with Crippen LogP contribution in [-0.4, -0.2) is 25.2 Å². The lowest BCUT2D eigenvalue weighted by atomic mass is 10.1. The van der Waals surface area contributed by atoms with Crippen molar-refractivity contribution < 1.29 is 13.2 Å². The molecule has 0 bridgehead atoms. The molecule has 0 N–H and O–H groups in total. The lowest BCUT2D eigenvalue weighted by molar-refractivity contribution is -0.116. The first-order chi connectivity index (χ1) is 6.92. The summed E-state index contributed by atoms with van der Waals surface area (Å²) in [5.41, 5.74) is 0. The van der Waals surface area contributed by atoms with E-state index in [1.807, 2.05) is 0 Å². The third kappa shape index (κ3) is 3.93. The van der Waals surface area contributed by atoms with E-state index in [1.54, 1.807) is 6.92 Å². The average molecular weight is 232 g/mol. The fourth-order valence-corrected chi connectivity index (χ4v) is 4.01. The lowest BCUT2D eigenvalue weighted by Gasteiger charge is -2.14. The zero-order valence-corrected chi connectivity index (χ0v) is 10.3. The Kier molecular flexibility index (Phi) is 4.32. The molecule has 3 nitrogen and oxygen atoms in total. The highest BCUT2D eigenvalue weighted by Crippen LogP contribution is 2.27. The number of hydrogen-bond acceptors (Lipinski definition) is 3. The molecule has 0 aromatic carbocycles. The molecule has 0 spiro atoms. The van der Waals surface area contributed by atoms with Crippen LogP contribution in [-0.2, 0) is 14.6 Å². The minimum atomic E-state index is -3.06. The van der Waals surface area contributed by atoms with E-state index < -0.39 is 15.1 Å². The van der Waals surface area contributed by atoms with Gasteiger partial charge in [-0.25, -0.2) is 8.42 Å². The van der Waals surface area contributed by atoms with Crippen LogP contribution in [0.4, 0.5) is 0 Å². The van der Waals surface area contributed by atoms with Gasteiger partial charge >= 0.3 is 0 Å². The molecule has 0 saturated heterocycles. The van der Waals surface area contributed by atoms with Crippen molar-refractivity contribution >= 4 is 15.6 Å². The largest absolute Gasteiger partial charge is 0.300 e. The molecule has 0 radical (unpaired) electrons. The molecular formula is C11H20O3S. The van der Waals surface area contributed by atoms with E-state index in [2.05, 4.69) is 0 Å². The topological polar surface area (TPSA) is 51.2 Å². The molecule has 0 heterocycles. The number of carbonyl (C=O) groups excluding carboxylic acids is 1. The molecule has 0 aromatic rings. The van der Waals surface area contributed by atoms with Crippen molar-refractivity contribution in [2.24, 2.45) is 5.92 Å². The fraction of sp³-hybridized carbons (Fsp3) is 0.909. The molecule has 88 valence electrons. The van der Waals surface area contributed by atoms with Gasteiger partial charge in [0.25, 0.3) is 0 Å². The van der Waals surface area contributed by atoms with E-state index >= 15 is 0 Å². The summed E-state index contributed by atoms with van der Waals surface area (Å²) in [5.74, 6) is 0.573. The zero-order valence-electron chi connectivity index (χ0n) is 9.53. The molecular weight excluding hydrogens is 212 g/mol. The molecule has 1 fully saturated rings. The van der Waals surface area contributed by atoms with E-state index in [0.717, 1.165) is 25.7 Å². The first-order valence-corrected chi connectivity index (χ1v) is 7.34. The van der Waals surface area contributed by atoms with Gasteiger partial charge in [-0.05, 0) is 32.6 Å². The minimum absolute atomic E-state index is 0.0440. The van der Waals surface area contributed by atoms with Crippen LogP contribution in [0.15, 0.2) is 0 Å². The zero-order chi connectivity index (χ0) is 11.5. The molecule has 1 unspecified atom stereocenters. The van der Waals surface area contributed by atoms with E-state index in [9.17, 15) is 13.2 Å². The molecule has 0 aromatic heterocycles. The summed E-state index contributed by atoms with van der Waals surface area (Å²) >= 11 is 0. The van der Waals surface area contributed by atoms with Crippen molar-refractivity contribution in [3.05, 3.63) is 0 Å². The van der Waals surface area contributed by atoms with Gasteiger partial charge in [-0.3, -0.25) is 4.79 Å². The summed E-state index contributed by atoms with van der Waals surface area (Å²) in [7, 11) is -3.06. The van der Waals surface area contributed by atoms with Crippen LogP contribution in [0.5, 0.6) is 0 Å². The Labute approximate surface area is 92.2 Å². The summed E-state index contributed by atoms with van der Waals surface area (Å²) in [5, 5.41) is -0.504. The molecule has 15 heavy (non-hydrogen) atoms. The summed E-state index contributed by atoms with van der Waals surface area (Å²) in [6.45, 7) is 3.09. The van der Waals surface area contributed by atoms with Gasteiger partial charge in [-0.15, -0.1) is 0 Å². The predicted molar refractivity (Wildman–Crippen MR) is 60.5 cm³/mol. The maximum absolute atomic E-state index is 11.9. The van der Waals surface area contributed by atoms with Crippen molar-refractivity contribution in [2.75, 3.05) is 5.75 Å². The Hall–Kier alpha value is -0.380. The molecule has 1 saturated carbocycles. The van der Waals surface area contributed by atoms with Crippen LogP contribution < -0.4 is 0 Å². The lowest BCUT2D eigenvalue weighted by Crippen LogP contribution is -2.26. The fourth-order valence-electron chi connectivity index (χ4n) is 2.20. The molecule has 1 rings (SSSR count). The third-order valence-electron chi connectivity index (χ3n) is 3.13. The Morgan fingerprint density at radius 1 is 1.33 bits per heavy atom. The van der Waals surface area contributed by atoms with Gasteiger partial charge in [-0.1, -0.05) is 12.8 Å². The van der Waals surface area contributed by atoms with Crippen molar-refractivity contribution in [2.45, 2.75) is 51.2 Å². The van der Waals surface area contributed by atoms with Gasteiger partial charge in [0.05, 0.1) is 11.0 Å². The molecule has 1 aliphatic rings. The predicted octanol–water partition coefficient (Wildman–Crippen LogP) is 1.96. The van der Waals surface area contributed by atoms with Gasteiger partial charge in [0, 0.05) is 6.42 Å². The normalized spacial score (nSPS) is 20.4. The van der Waals surface area contributed by atoms with Crippen molar-refractivity contribution in [1.82, 2.24) is 0 Å². The van der Waals surface area contributed by atoms with E-state index in [0.29, 0.717) is 5.92 Å². The second kappa shape index (κ2) is 5.10. The van der Waals surface area contributed by atoms with Gasteiger partial charge in [0.2, 0.25) is 0 Å². The van der Waals surface area contributed by atoms with E-state index in [-0.39, 0.29) is 18.0 Å². The summed E-state index contributed by atoms with van der Waals surface area (Å²) in [6, 6.07) is 0. The number of sulfone groups is 1. The Morgan fingerprint density at radius 3 is 2.33 bits per heavy atom. The number of ketones is 1. The van der Waals surface area contributed by atoms with Crippen LogP contribution in [0.3, 0.4) is 0 Å². The van der Waals surface area contributed by atoms with Gasteiger partial charge in [0.1, 0.15) is 5.78 Å².